The Bertz CT molecular complexity index is 453. The van der Waals surface area contributed by atoms with Crippen molar-refractivity contribution in [3.05, 3.63) is 47.5 Å². The Morgan fingerprint density at radius 2 is 2.06 bits per heavy atom. The number of nitrogens with zero attached hydrogens (tertiary/aromatic N) is 2. The molecule has 16 heavy (non-hydrogen) atoms. The highest BCUT2D eigenvalue weighted by Gasteiger charge is 2.16. The van der Waals surface area contributed by atoms with E-state index in [9.17, 15) is 4.79 Å². The molecule has 0 N–H and O–H groups in total. The van der Waals surface area contributed by atoms with Gasteiger partial charge in [0.2, 0.25) is 0 Å². The molecule has 1 amide bonds. The first-order valence-corrected chi connectivity index (χ1v) is 5.88. The van der Waals surface area contributed by atoms with Crippen LogP contribution in [-0.4, -0.2) is 16.8 Å². The summed E-state index contributed by atoms with van der Waals surface area (Å²) in [7, 11) is 0. The van der Waals surface area contributed by atoms with Crippen LogP contribution in [0.25, 0.3) is 0 Å². The fourth-order valence-electron chi connectivity index (χ4n) is 1.51. The van der Waals surface area contributed by atoms with Gasteiger partial charge in [-0.15, -0.1) is 0 Å². The molecule has 0 bridgehead atoms. The summed E-state index contributed by atoms with van der Waals surface area (Å²) in [5, 5.41) is 0. The Morgan fingerprint density at radius 1 is 1.31 bits per heavy atom. The summed E-state index contributed by atoms with van der Waals surface area (Å²) in [4.78, 5) is 14.5. The van der Waals surface area contributed by atoms with Crippen molar-refractivity contribution in [1.29, 1.82) is 0 Å². The van der Waals surface area contributed by atoms with E-state index in [4.69, 9.17) is 0 Å². The number of rotatable bonds is 3. The smallest absolute Gasteiger partial charge is 0.269 e. The molecular weight excluding hydrogens is 220 g/mol. The average molecular weight is 232 g/mol. The van der Waals surface area contributed by atoms with E-state index in [1.807, 2.05) is 37.3 Å². The molecule has 0 aliphatic carbocycles. The summed E-state index contributed by atoms with van der Waals surface area (Å²) in [6.07, 6.45) is 1.65. The Kier molecular flexibility index (Phi) is 3.31. The summed E-state index contributed by atoms with van der Waals surface area (Å²) < 4.78 is 3.95. The molecule has 0 aliphatic heterocycles. The molecule has 2 rings (SSSR count). The lowest BCUT2D eigenvalue weighted by molar-refractivity contribution is 0.0992. The number of benzene rings is 1. The first-order valence-electron chi connectivity index (χ1n) is 5.10. The van der Waals surface area contributed by atoms with Gasteiger partial charge in [-0.1, -0.05) is 18.2 Å². The minimum Gasteiger partial charge on any atom is -0.308 e. The van der Waals surface area contributed by atoms with Gasteiger partial charge in [0, 0.05) is 18.4 Å². The molecule has 1 heterocycles. The maximum atomic E-state index is 12.1. The lowest BCUT2D eigenvalue weighted by Crippen LogP contribution is -2.29. The fourth-order valence-corrected chi connectivity index (χ4v) is 2.06. The largest absolute Gasteiger partial charge is 0.308 e. The number of hydrogen-bond donors (Lipinski definition) is 0. The van der Waals surface area contributed by atoms with Gasteiger partial charge in [0.05, 0.1) is 0 Å². The second kappa shape index (κ2) is 4.90. The van der Waals surface area contributed by atoms with Gasteiger partial charge in [-0.3, -0.25) is 4.79 Å². The van der Waals surface area contributed by atoms with Crippen LogP contribution in [0.2, 0.25) is 0 Å². The highest BCUT2D eigenvalue weighted by Crippen LogP contribution is 2.17. The molecule has 4 heteroatoms. The second-order valence-corrected chi connectivity index (χ2v) is 4.09. The molecular formula is C12H12N2OS. The summed E-state index contributed by atoms with van der Waals surface area (Å²) >= 11 is 1.23. The highest BCUT2D eigenvalue weighted by molar-refractivity contribution is 7.08. The van der Waals surface area contributed by atoms with Crippen molar-refractivity contribution in [2.75, 3.05) is 11.4 Å². The summed E-state index contributed by atoms with van der Waals surface area (Å²) in [5.41, 5.74) is 0.920. The topological polar surface area (TPSA) is 33.2 Å². The molecule has 3 nitrogen and oxygen atoms in total. The summed E-state index contributed by atoms with van der Waals surface area (Å²) in [6.45, 7) is 2.62. The number of carbonyl (C=O) groups excluding carboxylic acids is 1. The monoisotopic (exact) mass is 232 g/mol. The van der Waals surface area contributed by atoms with Crippen molar-refractivity contribution >= 4 is 23.1 Å². The van der Waals surface area contributed by atoms with Gasteiger partial charge in [-0.05, 0) is 36.7 Å². The minimum atomic E-state index is 0.0104. The van der Waals surface area contributed by atoms with E-state index in [2.05, 4.69) is 4.37 Å². The SMILES string of the molecule is CCN(C(=O)c1ccns1)c1ccccc1. The second-order valence-electron chi connectivity index (χ2n) is 3.26. The van der Waals surface area contributed by atoms with Crippen molar-refractivity contribution in [1.82, 2.24) is 4.37 Å². The van der Waals surface area contributed by atoms with Gasteiger partial charge >= 0.3 is 0 Å². The van der Waals surface area contributed by atoms with Crippen molar-refractivity contribution < 1.29 is 4.79 Å². The molecule has 1 aromatic carbocycles. The van der Waals surface area contributed by atoms with Gasteiger partial charge in [0.25, 0.3) is 5.91 Å². The molecule has 0 radical (unpaired) electrons. The third kappa shape index (κ3) is 2.12. The lowest BCUT2D eigenvalue weighted by atomic mass is 10.2. The van der Waals surface area contributed by atoms with Crippen LogP contribution in [0.15, 0.2) is 42.6 Å². The quantitative estimate of drug-likeness (QED) is 0.815. The molecule has 0 fully saturated rings. The first-order chi connectivity index (χ1) is 7.83. The molecule has 2 aromatic rings. The third-order valence-corrected chi connectivity index (χ3v) is 3.01. The maximum Gasteiger partial charge on any atom is 0.269 e. The zero-order valence-corrected chi connectivity index (χ0v) is 9.78. The van der Waals surface area contributed by atoms with Crippen LogP contribution >= 0.6 is 11.5 Å². The molecule has 0 atom stereocenters. The van der Waals surface area contributed by atoms with Gasteiger partial charge in [0.1, 0.15) is 4.88 Å². The van der Waals surface area contributed by atoms with Crippen LogP contribution in [0.3, 0.4) is 0 Å². The summed E-state index contributed by atoms with van der Waals surface area (Å²) in [5.74, 6) is 0.0104. The Labute approximate surface area is 98.5 Å². The van der Waals surface area contributed by atoms with E-state index in [1.54, 1.807) is 17.2 Å². The van der Waals surface area contributed by atoms with Crippen molar-refractivity contribution in [2.24, 2.45) is 0 Å². The minimum absolute atomic E-state index is 0.0104. The van der Waals surface area contributed by atoms with Crippen LogP contribution in [0.5, 0.6) is 0 Å². The van der Waals surface area contributed by atoms with E-state index in [0.717, 1.165) is 5.69 Å². The number of carbonyl (C=O) groups is 1. The van der Waals surface area contributed by atoms with Gasteiger partial charge in [-0.25, -0.2) is 4.37 Å². The molecule has 1 aromatic heterocycles. The zero-order chi connectivity index (χ0) is 11.4. The number of amides is 1. The maximum absolute atomic E-state index is 12.1. The van der Waals surface area contributed by atoms with Crippen LogP contribution in [0.1, 0.15) is 16.6 Å². The molecule has 82 valence electrons. The number of para-hydroxylation sites is 1. The first kappa shape index (κ1) is 10.8. The van der Waals surface area contributed by atoms with Crippen molar-refractivity contribution in [3.63, 3.8) is 0 Å². The van der Waals surface area contributed by atoms with E-state index in [-0.39, 0.29) is 5.91 Å². The van der Waals surface area contributed by atoms with E-state index < -0.39 is 0 Å². The van der Waals surface area contributed by atoms with E-state index >= 15 is 0 Å². The normalized spacial score (nSPS) is 10.1. The summed E-state index contributed by atoms with van der Waals surface area (Å²) in [6, 6.07) is 11.4. The Morgan fingerprint density at radius 3 is 2.62 bits per heavy atom. The standard InChI is InChI=1S/C12H12N2OS/c1-2-14(10-6-4-3-5-7-10)12(15)11-8-9-13-16-11/h3-9H,2H2,1H3. The van der Waals surface area contributed by atoms with Crippen LogP contribution < -0.4 is 4.90 Å². The van der Waals surface area contributed by atoms with Crippen LogP contribution in [0.4, 0.5) is 5.69 Å². The van der Waals surface area contributed by atoms with Gasteiger partial charge in [-0.2, -0.15) is 0 Å². The Hall–Kier alpha value is -1.68. The predicted octanol–water partition coefficient (Wildman–Crippen LogP) is 2.81. The van der Waals surface area contributed by atoms with Gasteiger partial charge in [0.15, 0.2) is 0 Å². The zero-order valence-electron chi connectivity index (χ0n) is 8.96. The third-order valence-electron chi connectivity index (χ3n) is 2.28. The molecule has 0 saturated carbocycles. The van der Waals surface area contributed by atoms with Crippen LogP contribution in [0, 0.1) is 0 Å². The number of hydrogen-bond acceptors (Lipinski definition) is 3. The lowest BCUT2D eigenvalue weighted by Gasteiger charge is -2.19. The van der Waals surface area contributed by atoms with Crippen molar-refractivity contribution in [3.8, 4) is 0 Å². The molecule has 0 saturated heterocycles. The van der Waals surface area contributed by atoms with E-state index in [1.165, 1.54) is 11.5 Å². The van der Waals surface area contributed by atoms with Crippen molar-refractivity contribution in [2.45, 2.75) is 6.92 Å². The molecule has 0 spiro atoms. The van der Waals surface area contributed by atoms with Crippen LogP contribution in [-0.2, 0) is 0 Å². The fraction of sp³-hybridized carbons (Fsp3) is 0.167. The number of anilines is 1. The average Bonchev–Trinajstić information content (AvgIpc) is 2.85. The predicted molar refractivity (Wildman–Crippen MR) is 65.9 cm³/mol. The highest BCUT2D eigenvalue weighted by atomic mass is 32.1. The van der Waals surface area contributed by atoms with Gasteiger partial charge < -0.3 is 4.90 Å². The van der Waals surface area contributed by atoms with E-state index in [0.29, 0.717) is 11.4 Å². The number of aromatic nitrogens is 1. The molecule has 0 unspecified atom stereocenters. The Balaban J connectivity index is 2.27. The molecule has 0 aliphatic rings.